The van der Waals surface area contributed by atoms with Crippen LogP contribution in [0.3, 0.4) is 0 Å². The van der Waals surface area contributed by atoms with Crippen molar-refractivity contribution in [3.8, 4) is 5.69 Å². The summed E-state index contributed by atoms with van der Waals surface area (Å²) in [6, 6.07) is 10.7. The van der Waals surface area contributed by atoms with E-state index in [4.69, 9.17) is 0 Å². The van der Waals surface area contributed by atoms with Crippen molar-refractivity contribution in [3.63, 3.8) is 0 Å². The lowest BCUT2D eigenvalue weighted by Gasteiger charge is -2.25. The summed E-state index contributed by atoms with van der Waals surface area (Å²) >= 11 is 0. The topological polar surface area (TPSA) is 29.9 Å². The first kappa shape index (κ1) is 15.8. The van der Waals surface area contributed by atoms with E-state index >= 15 is 0 Å². The molecule has 1 aromatic heterocycles. The molecular formula is C18H27N3. The monoisotopic (exact) mass is 285 g/mol. The first-order valence-electron chi connectivity index (χ1n) is 8.07. The lowest BCUT2D eigenvalue weighted by atomic mass is 9.87. The number of nitrogens with one attached hydrogen (secondary N) is 1. The Balaban J connectivity index is 2.20. The Morgan fingerprint density at radius 3 is 2.33 bits per heavy atom. The molecule has 1 atom stereocenters. The van der Waals surface area contributed by atoms with Crippen LogP contribution in [0.25, 0.3) is 5.69 Å². The highest BCUT2D eigenvalue weighted by Gasteiger charge is 2.21. The largest absolute Gasteiger partial charge is 0.313 e. The van der Waals surface area contributed by atoms with Gasteiger partial charge < -0.3 is 5.32 Å². The number of aromatic nitrogens is 2. The van der Waals surface area contributed by atoms with E-state index in [-0.39, 0.29) is 0 Å². The molecule has 114 valence electrons. The maximum atomic E-state index is 4.53. The van der Waals surface area contributed by atoms with Crippen molar-refractivity contribution >= 4 is 0 Å². The fourth-order valence-electron chi connectivity index (χ4n) is 3.11. The van der Waals surface area contributed by atoms with Crippen LogP contribution in [0.2, 0.25) is 0 Å². The van der Waals surface area contributed by atoms with Gasteiger partial charge in [0.15, 0.2) is 0 Å². The molecule has 0 bridgehead atoms. The van der Waals surface area contributed by atoms with Crippen molar-refractivity contribution in [2.45, 2.75) is 45.6 Å². The summed E-state index contributed by atoms with van der Waals surface area (Å²) < 4.78 is 1.97. The average Bonchev–Trinajstić information content (AvgIpc) is 2.99. The predicted molar refractivity (Wildman–Crippen MR) is 88.7 cm³/mol. The molecule has 0 aliphatic carbocycles. The summed E-state index contributed by atoms with van der Waals surface area (Å²) in [5.74, 6) is 0.679. The molecule has 0 saturated carbocycles. The fourth-order valence-corrected chi connectivity index (χ4v) is 3.11. The fraction of sp³-hybridized carbons (Fsp3) is 0.500. The van der Waals surface area contributed by atoms with Gasteiger partial charge in [-0.05, 0) is 37.9 Å². The van der Waals surface area contributed by atoms with E-state index in [9.17, 15) is 0 Å². The van der Waals surface area contributed by atoms with E-state index in [1.165, 1.54) is 31.2 Å². The quantitative estimate of drug-likeness (QED) is 0.781. The van der Waals surface area contributed by atoms with Gasteiger partial charge in [0.25, 0.3) is 0 Å². The van der Waals surface area contributed by atoms with Gasteiger partial charge in [0, 0.05) is 17.8 Å². The molecule has 2 rings (SSSR count). The number of hydrogen-bond donors (Lipinski definition) is 1. The molecule has 0 radical (unpaired) electrons. The van der Waals surface area contributed by atoms with Gasteiger partial charge in [0.1, 0.15) is 0 Å². The predicted octanol–water partition coefficient (Wildman–Crippen LogP) is 4.35. The van der Waals surface area contributed by atoms with Gasteiger partial charge in [0.2, 0.25) is 0 Å². The zero-order valence-electron chi connectivity index (χ0n) is 13.4. The highest BCUT2D eigenvalue weighted by Crippen LogP contribution is 2.29. The Morgan fingerprint density at radius 1 is 1.10 bits per heavy atom. The van der Waals surface area contributed by atoms with Crippen LogP contribution in [0.15, 0.2) is 42.7 Å². The minimum atomic E-state index is 0.391. The summed E-state index contributed by atoms with van der Waals surface area (Å²) in [4.78, 5) is 0. The van der Waals surface area contributed by atoms with Crippen LogP contribution in [0, 0.1) is 5.92 Å². The van der Waals surface area contributed by atoms with E-state index in [2.05, 4.69) is 49.6 Å². The molecule has 0 spiro atoms. The molecule has 1 unspecified atom stereocenters. The molecule has 2 aromatic rings. The molecule has 1 aromatic carbocycles. The average molecular weight is 285 g/mol. The van der Waals surface area contributed by atoms with Crippen LogP contribution in [0.1, 0.15) is 51.1 Å². The molecule has 0 fully saturated rings. The Kier molecular flexibility index (Phi) is 6.00. The Bertz CT molecular complexity index is 512. The standard InChI is InChI=1S/C18H27N3/c1-4-9-15(10-5-2)18(19-3)16-13-20-21(14-16)17-11-7-6-8-12-17/h6-8,11-15,18-19H,4-5,9-10H2,1-3H3. The Hall–Kier alpha value is -1.61. The van der Waals surface area contributed by atoms with E-state index in [0.717, 1.165) is 5.69 Å². The molecule has 1 heterocycles. The molecule has 3 nitrogen and oxygen atoms in total. The summed E-state index contributed by atoms with van der Waals surface area (Å²) in [7, 11) is 2.06. The van der Waals surface area contributed by atoms with Crippen LogP contribution in [-0.2, 0) is 0 Å². The van der Waals surface area contributed by atoms with E-state index < -0.39 is 0 Å². The zero-order chi connectivity index (χ0) is 15.1. The van der Waals surface area contributed by atoms with Crippen LogP contribution < -0.4 is 5.32 Å². The maximum Gasteiger partial charge on any atom is 0.0645 e. The normalized spacial score (nSPS) is 12.8. The highest BCUT2D eigenvalue weighted by atomic mass is 15.3. The van der Waals surface area contributed by atoms with Crippen LogP contribution in [-0.4, -0.2) is 16.8 Å². The number of rotatable bonds is 8. The maximum absolute atomic E-state index is 4.53. The van der Waals surface area contributed by atoms with E-state index in [0.29, 0.717) is 12.0 Å². The third-order valence-electron chi connectivity index (χ3n) is 4.08. The van der Waals surface area contributed by atoms with Crippen molar-refractivity contribution in [1.29, 1.82) is 0 Å². The first-order chi connectivity index (χ1) is 10.3. The first-order valence-corrected chi connectivity index (χ1v) is 8.07. The second kappa shape index (κ2) is 7.99. The van der Waals surface area contributed by atoms with Crippen molar-refractivity contribution in [3.05, 3.63) is 48.3 Å². The zero-order valence-corrected chi connectivity index (χ0v) is 13.4. The van der Waals surface area contributed by atoms with Crippen molar-refractivity contribution in [1.82, 2.24) is 15.1 Å². The molecule has 21 heavy (non-hydrogen) atoms. The van der Waals surface area contributed by atoms with Crippen molar-refractivity contribution < 1.29 is 0 Å². The smallest absolute Gasteiger partial charge is 0.0645 e. The Labute approximate surface area is 128 Å². The van der Waals surface area contributed by atoms with Crippen LogP contribution in [0.4, 0.5) is 0 Å². The van der Waals surface area contributed by atoms with Gasteiger partial charge in [-0.3, -0.25) is 0 Å². The number of hydrogen-bond acceptors (Lipinski definition) is 2. The third-order valence-corrected chi connectivity index (χ3v) is 4.08. The molecule has 0 aliphatic heterocycles. The molecule has 3 heteroatoms. The van der Waals surface area contributed by atoms with Gasteiger partial charge >= 0.3 is 0 Å². The van der Waals surface area contributed by atoms with E-state index in [1.807, 2.05) is 29.1 Å². The SMILES string of the molecule is CCCC(CCC)C(NC)c1cnn(-c2ccccc2)c1. The number of para-hydroxylation sites is 1. The molecular weight excluding hydrogens is 258 g/mol. The van der Waals surface area contributed by atoms with E-state index in [1.54, 1.807) is 0 Å². The van der Waals surface area contributed by atoms with Crippen LogP contribution >= 0.6 is 0 Å². The lowest BCUT2D eigenvalue weighted by molar-refractivity contribution is 0.331. The summed E-state index contributed by atoms with van der Waals surface area (Å²) in [5, 5.41) is 8.03. The minimum Gasteiger partial charge on any atom is -0.313 e. The second-order valence-corrected chi connectivity index (χ2v) is 5.66. The minimum absolute atomic E-state index is 0.391. The second-order valence-electron chi connectivity index (χ2n) is 5.66. The summed E-state index contributed by atoms with van der Waals surface area (Å²) in [6.45, 7) is 4.53. The van der Waals surface area contributed by atoms with Crippen molar-refractivity contribution in [2.24, 2.45) is 5.92 Å². The van der Waals surface area contributed by atoms with Crippen LogP contribution in [0.5, 0.6) is 0 Å². The summed E-state index contributed by atoms with van der Waals surface area (Å²) in [5.41, 5.74) is 2.40. The van der Waals surface area contributed by atoms with Gasteiger partial charge in [-0.2, -0.15) is 5.10 Å². The molecule has 0 amide bonds. The number of benzene rings is 1. The van der Waals surface area contributed by atoms with Gasteiger partial charge in [-0.15, -0.1) is 0 Å². The van der Waals surface area contributed by atoms with Gasteiger partial charge in [-0.1, -0.05) is 44.9 Å². The lowest BCUT2D eigenvalue weighted by Crippen LogP contribution is -2.25. The Morgan fingerprint density at radius 2 is 1.76 bits per heavy atom. The van der Waals surface area contributed by atoms with Gasteiger partial charge in [-0.25, -0.2) is 4.68 Å². The molecule has 0 aliphatic rings. The molecule has 0 saturated heterocycles. The summed E-state index contributed by atoms with van der Waals surface area (Å²) in [6.07, 6.45) is 9.15. The highest BCUT2D eigenvalue weighted by molar-refractivity contribution is 5.31. The van der Waals surface area contributed by atoms with Gasteiger partial charge in [0.05, 0.1) is 11.9 Å². The number of nitrogens with zero attached hydrogens (tertiary/aromatic N) is 2. The third kappa shape index (κ3) is 3.94. The molecule has 1 N–H and O–H groups in total. The van der Waals surface area contributed by atoms with Crippen molar-refractivity contribution in [2.75, 3.05) is 7.05 Å².